The standard InChI is InChI=1S/C37H50N2O11/c1-36(2,3)49-32(43)13-12-27(22-41)39-31(42)14-16-38-34(44)24-20-29(33-30(21-24)48-37(50-33,25-8-9-25)26-10-11-26)47-35(45)28-7-5-4-6-23(28)15-18-46-19-17-40/h4-7,15,18,21,25-27,29-30,33,40-41H,8-14,16-17,19-20,22H2,1-3H3,(H,38,44)(H,39,42). The summed E-state index contributed by atoms with van der Waals surface area (Å²) < 4.78 is 29.9. The number of aliphatic hydroxyl groups excluding tert-OH is 2. The molecule has 3 aliphatic carbocycles. The van der Waals surface area contributed by atoms with Crippen LogP contribution in [0.3, 0.4) is 0 Å². The van der Waals surface area contributed by atoms with Gasteiger partial charge in [-0.05, 0) is 76.7 Å². The van der Waals surface area contributed by atoms with E-state index in [1.165, 1.54) is 6.26 Å². The van der Waals surface area contributed by atoms with E-state index in [-0.39, 0.29) is 63.9 Å². The van der Waals surface area contributed by atoms with Crippen molar-refractivity contribution in [3.8, 4) is 0 Å². The molecule has 0 spiro atoms. The Morgan fingerprint density at radius 3 is 2.42 bits per heavy atom. The molecule has 5 rings (SSSR count). The van der Waals surface area contributed by atoms with Gasteiger partial charge in [-0.3, -0.25) is 14.4 Å². The minimum atomic E-state index is -0.807. The van der Waals surface area contributed by atoms with E-state index < -0.39 is 59.5 Å². The summed E-state index contributed by atoms with van der Waals surface area (Å²) in [5.74, 6) is -2.03. The molecule has 1 aliphatic heterocycles. The van der Waals surface area contributed by atoms with E-state index >= 15 is 0 Å². The van der Waals surface area contributed by atoms with E-state index in [1.54, 1.807) is 57.2 Å². The van der Waals surface area contributed by atoms with Crippen LogP contribution in [0.4, 0.5) is 0 Å². The topological polar surface area (TPSA) is 179 Å². The molecule has 4 unspecified atom stereocenters. The van der Waals surface area contributed by atoms with Gasteiger partial charge < -0.3 is 44.5 Å². The van der Waals surface area contributed by atoms with Crippen LogP contribution >= 0.6 is 0 Å². The zero-order valence-electron chi connectivity index (χ0n) is 29.1. The van der Waals surface area contributed by atoms with E-state index in [1.807, 2.05) is 0 Å². The van der Waals surface area contributed by atoms with Gasteiger partial charge in [-0.15, -0.1) is 0 Å². The summed E-state index contributed by atoms with van der Waals surface area (Å²) >= 11 is 0. The number of nitrogens with one attached hydrogen (secondary N) is 2. The van der Waals surface area contributed by atoms with Crippen LogP contribution in [0, 0.1) is 11.8 Å². The third-order valence-corrected chi connectivity index (χ3v) is 9.03. The lowest BCUT2D eigenvalue weighted by Gasteiger charge is -2.31. The van der Waals surface area contributed by atoms with Gasteiger partial charge in [0, 0.05) is 43.2 Å². The molecule has 3 fully saturated rings. The van der Waals surface area contributed by atoms with Crippen molar-refractivity contribution in [3.05, 3.63) is 53.3 Å². The van der Waals surface area contributed by atoms with Gasteiger partial charge in [-0.1, -0.05) is 18.2 Å². The van der Waals surface area contributed by atoms with Crippen LogP contribution < -0.4 is 10.6 Å². The Kier molecular flexibility index (Phi) is 12.4. The van der Waals surface area contributed by atoms with E-state index in [9.17, 15) is 24.3 Å². The quantitative estimate of drug-likeness (QED) is 0.107. The van der Waals surface area contributed by atoms with Crippen molar-refractivity contribution in [1.29, 1.82) is 0 Å². The molecule has 1 saturated heterocycles. The van der Waals surface area contributed by atoms with Crippen molar-refractivity contribution in [2.75, 3.05) is 26.4 Å². The van der Waals surface area contributed by atoms with Crippen LogP contribution in [0.1, 0.15) is 88.1 Å². The summed E-state index contributed by atoms with van der Waals surface area (Å²) in [5.41, 5.74) is 0.614. The Bertz CT molecular complexity index is 1430. The molecule has 0 radical (unpaired) electrons. The Labute approximate surface area is 292 Å². The van der Waals surface area contributed by atoms with Crippen LogP contribution in [-0.2, 0) is 38.1 Å². The summed E-state index contributed by atoms with van der Waals surface area (Å²) in [6, 6.07) is 6.27. The molecular formula is C37H50N2O11. The molecule has 13 heteroatoms. The molecule has 4 aliphatic rings. The minimum Gasteiger partial charge on any atom is -0.499 e. The molecule has 0 aromatic heterocycles. The fourth-order valence-electron chi connectivity index (χ4n) is 6.44. The van der Waals surface area contributed by atoms with Crippen molar-refractivity contribution < 1.29 is 53.1 Å². The molecule has 13 nitrogen and oxygen atoms in total. The van der Waals surface area contributed by atoms with E-state index in [0.29, 0.717) is 16.7 Å². The number of carbonyl (C=O) groups excluding carboxylic acids is 4. The first kappa shape index (κ1) is 37.5. The summed E-state index contributed by atoms with van der Waals surface area (Å²) in [5, 5.41) is 24.2. The van der Waals surface area contributed by atoms with Crippen LogP contribution in [0.5, 0.6) is 0 Å². The van der Waals surface area contributed by atoms with E-state index in [4.69, 9.17) is 28.8 Å². The molecule has 274 valence electrons. The monoisotopic (exact) mass is 698 g/mol. The van der Waals surface area contributed by atoms with Crippen molar-refractivity contribution in [2.45, 2.75) is 108 Å². The molecule has 4 N–H and O–H groups in total. The lowest BCUT2D eigenvalue weighted by molar-refractivity contribution is -0.209. The Hall–Kier alpha value is -3.78. The normalized spacial score (nSPS) is 23.4. The highest BCUT2D eigenvalue weighted by molar-refractivity contribution is 5.95. The zero-order valence-corrected chi connectivity index (χ0v) is 29.1. The van der Waals surface area contributed by atoms with Gasteiger partial charge in [-0.2, -0.15) is 0 Å². The van der Waals surface area contributed by atoms with Gasteiger partial charge in [0.15, 0.2) is 5.79 Å². The number of ether oxygens (including phenoxy) is 5. The zero-order chi connectivity index (χ0) is 35.9. The molecule has 2 saturated carbocycles. The smallest absolute Gasteiger partial charge is 0.339 e. The number of rotatable bonds is 17. The highest BCUT2D eigenvalue weighted by atomic mass is 16.8. The van der Waals surface area contributed by atoms with Crippen LogP contribution in [0.15, 0.2) is 42.2 Å². The summed E-state index contributed by atoms with van der Waals surface area (Å²) in [4.78, 5) is 51.7. The second-order valence-electron chi connectivity index (χ2n) is 14.3. The number of hydrogen-bond donors (Lipinski definition) is 4. The molecule has 0 bridgehead atoms. The molecule has 2 amide bonds. The Morgan fingerprint density at radius 2 is 1.76 bits per heavy atom. The Balaban J connectivity index is 1.21. The molecule has 4 atom stereocenters. The number of fused-ring (bicyclic) bond motifs is 1. The SMILES string of the molecule is CC(C)(C)OC(=O)CCC(CO)NC(=O)CCNC(=O)C1=CC2OC(C3CC3)(C3CC3)OC2C(OC(=O)c2ccccc2C=COCCO)C1. The van der Waals surface area contributed by atoms with Crippen molar-refractivity contribution >= 4 is 29.8 Å². The largest absolute Gasteiger partial charge is 0.499 e. The number of esters is 2. The highest BCUT2D eigenvalue weighted by Crippen LogP contribution is 2.59. The second kappa shape index (κ2) is 16.5. The Morgan fingerprint density at radius 1 is 1.04 bits per heavy atom. The lowest BCUT2D eigenvalue weighted by atomic mass is 9.91. The molecule has 1 heterocycles. The van der Waals surface area contributed by atoms with Gasteiger partial charge in [-0.25, -0.2) is 4.79 Å². The average Bonchev–Trinajstić information content (AvgIpc) is 4.02. The summed E-state index contributed by atoms with van der Waals surface area (Å²) in [7, 11) is 0. The fourth-order valence-corrected chi connectivity index (χ4v) is 6.44. The summed E-state index contributed by atoms with van der Waals surface area (Å²) in [6.45, 7) is 4.95. The van der Waals surface area contributed by atoms with Crippen LogP contribution in [0.2, 0.25) is 0 Å². The number of carbonyl (C=O) groups is 4. The average molecular weight is 699 g/mol. The first-order valence-electron chi connectivity index (χ1n) is 17.6. The lowest BCUT2D eigenvalue weighted by Crippen LogP contribution is -2.44. The number of hydrogen-bond acceptors (Lipinski definition) is 11. The first-order chi connectivity index (χ1) is 23.9. The maximum absolute atomic E-state index is 13.6. The van der Waals surface area contributed by atoms with Crippen molar-refractivity contribution in [1.82, 2.24) is 10.6 Å². The van der Waals surface area contributed by atoms with E-state index in [0.717, 1.165) is 25.7 Å². The predicted octanol–water partition coefficient (Wildman–Crippen LogP) is 2.93. The van der Waals surface area contributed by atoms with Gasteiger partial charge >= 0.3 is 11.9 Å². The first-order valence-corrected chi connectivity index (χ1v) is 17.6. The number of amides is 2. The predicted molar refractivity (Wildman–Crippen MR) is 180 cm³/mol. The third-order valence-electron chi connectivity index (χ3n) is 9.03. The third kappa shape index (κ3) is 9.93. The highest BCUT2D eigenvalue weighted by Gasteiger charge is 2.64. The minimum absolute atomic E-state index is 0.0221. The number of aliphatic hydroxyl groups is 2. The van der Waals surface area contributed by atoms with Gasteiger partial charge in [0.05, 0.1) is 31.1 Å². The van der Waals surface area contributed by atoms with Crippen LogP contribution in [0.25, 0.3) is 6.08 Å². The van der Waals surface area contributed by atoms with E-state index in [2.05, 4.69) is 10.6 Å². The van der Waals surface area contributed by atoms with Crippen LogP contribution in [-0.4, -0.2) is 96.1 Å². The van der Waals surface area contributed by atoms with Gasteiger partial charge in [0.2, 0.25) is 11.8 Å². The summed E-state index contributed by atoms with van der Waals surface area (Å²) in [6.07, 6.45) is 7.07. The molecule has 1 aromatic rings. The van der Waals surface area contributed by atoms with Crippen molar-refractivity contribution in [2.24, 2.45) is 11.8 Å². The molecular weight excluding hydrogens is 648 g/mol. The van der Waals surface area contributed by atoms with Crippen molar-refractivity contribution in [3.63, 3.8) is 0 Å². The van der Waals surface area contributed by atoms with Gasteiger partial charge in [0.25, 0.3) is 0 Å². The molecule has 1 aromatic carbocycles. The second-order valence-corrected chi connectivity index (χ2v) is 14.3. The fraction of sp³-hybridized carbons (Fsp3) is 0.622. The van der Waals surface area contributed by atoms with Gasteiger partial charge in [0.1, 0.15) is 30.5 Å². The maximum Gasteiger partial charge on any atom is 0.339 e. The number of benzene rings is 1. The maximum atomic E-state index is 13.6. The molecule has 50 heavy (non-hydrogen) atoms.